The Balaban J connectivity index is 2.50. The van der Waals surface area contributed by atoms with E-state index in [1.54, 1.807) is 4.31 Å². The monoisotopic (exact) mass is 264 g/mol. The molecule has 0 aromatic carbocycles. The minimum Gasteiger partial charge on any atom is -0.381 e. The van der Waals surface area contributed by atoms with E-state index in [2.05, 4.69) is 12.2 Å². The van der Waals surface area contributed by atoms with Gasteiger partial charge in [0.15, 0.2) is 0 Å². The Morgan fingerprint density at radius 2 is 2.18 bits per heavy atom. The van der Waals surface area contributed by atoms with Gasteiger partial charge in [-0.15, -0.1) is 0 Å². The Morgan fingerprint density at radius 1 is 1.47 bits per heavy atom. The van der Waals surface area contributed by atoms with E-state index in [1.165, 1.54) is 0 Å². The predicted molar refractivity (Wildman–Crippen MR) is 68.5 cm³/mol. The zero-order valence-corrected chi connectivity index (χ0v) is 11.8. The summed E-state index contributed by atoms with van der Waals surface area (Å²) in [5.74, 6) is 0.452. The lowest BCUT2D eigenvalue weighted by Crippen LogP contribution is -2.49. The molecule has 0 aliphatic carbocycles. The van der Waals surface area contributed by atoms with E-state index >= 15 is 0 Å². The van der Waals surface area contributed by atoms with E-state index < -0.39 is 10.0 Å². The van der Waals surface area contributed by atoms with E-state index in [0.29, 0.717) is 38.3 Å². The molecule has 2 unspecified atom stereocenters. The SMILES string of the molecule is CCOCCS(=O)(=O)N1CCC(NC)C(C)C1. The highest BCUT2D eigenvalue weighted by molar-refractivity contribution is 7.89. The van der Waals surface area contributed by atoms with Crippen molar-refractivity contribution in [3.63, 3.8) is 0 Å². The van der Waals surface area contributed by atoms with Crippen LogP contribution >= 0.6 is 0 Å². The first-order chi connectivity index (χ1) is 8.01. The van der Waals surface area contributed by atoms with Gasteiger partial charge in [-0.2, -0.15) is 0 Å². The molecular weight excluding hydrogens is 240 g/mol. The second kappa shape index (κ2) is 6.68. The molecule has 5 nitrogen and oxygen atoms in total. The van der Waals surface area contributed by atoms with E-state index in [0.717, 1.165) is 6.42 Å². The fraction of sp³-hybridized carbons (Fsp3) is 1.00. The van der Waals surface area contributed by atoms with Crippen LogP contribution in [0.15, 0.2) is 0 Å². The van der Waals surface area contributed by atoms with Gasteiger partial charge in [0.05, 0.1) is 12.4 Å². The van der Waals surface area contributed by atoms with Crippen molar-refractivity contribution in [2.24, 2.45) is 5.92 Å². The first kappa shape index (κ1) is 14.9. The van der Waals surface area contributed by atoms with Crippen molar-refractivity contribution >= 4 is 10.0 Å². The van der Waals surface area contributed by atoms with Gasteiger partial charge < -0.3 is 10.1 Å². The zero-order valence-electron chi connectivity index (χ0n) is 11.0. The largest absolute Gasteiger partial charge is 0.381 e. The molecule has 1 fully saturated rings. The molecule has 0 aromatic rings. The average molecular weight is 264 g/mol. The molecule has 1 aliphatic rings. The predicted octanol–water partition coefficient (Wildman–Crippen LogP) is 0.283. The number of hydrogen-bond acceptors (Lipinski definition) is 4. The molecule has 102 valence electrons. The molecular formula is C11H24N2O3S. The second-order valence-electron chi connectivity index (χ2n) is 4.53. The highest BCUT2D eigenvalue weighted by Gasteiger charge is 2.31. The number of nitrogens with zero attached hydrogens (tertiary/aromatic N) is 1. The van der Waals surface area contributed by atoms with Crippen LogP contribution < -0.4 is 5.32 Å². The van der Waals surface area contributed by atoms with Crippen LogP contribution in [0.2, 0.25) is 0 Å². The summed E-state index contributed by atoms with van der Waals surface area (Å²) in [6, 6.07) is 0.424. The molecule has 0 radical (unpaired) electrons. The maximum absolute atomic E-state index is 12.0. The number of hydrogen-bond donors (Lipinski definition) is 1. The van der Waals surface area contributed by atoms with Gasteiger partial charge in [-0.25, -0.2) is 12.7 Å². The van der Waals surface area contributed by atoms with E-state index in [4.69, 9.17) is 4.74 Å². The minimum atomic E-state index is -3.14. The molecule has 2 atom stereocenters. The lowest BCUT2D eigenvalue weighted by atomic mass is 9.96. The van der Waals surface area contributed by atoms with Crippen molar-refractivity contribution in [1.82, 2.24) is 9.62 Å². The lowest BCUT2D eigenvalue weighted by molar-refractivity contribution is 0.161. The summed E-state index contributed by atoms with van der Waals surface area (Å²) in [4.78, 5) is 0. The van der Waals surface area contributed by atoms with E-state index in [1.807, 2.05) is 14.0 Å². The third-order valence-electron chi connectivity index (χ3n) is 3.32. The molecule has 1 aliphatic heterocycles. The normalized spacial score (nSPS) is 27.2. The van der Waals surface area contributed by atoms with Crippen molar-refractivity contribution < 1.29 is 13.2 Å². The Kier molecular flexibility index (Phi) is 5.85. The van der Waals surface area contributed by atoms with Crippen molar-refractivity contribution in [3.8, 4) is 0 Å². The molecule has 0 aromatic heterocycles. The third kappa shape index (κ3) is 4.21. The highest BCUT2D eigenvalue weighted by Crippen LogP contribution is 2.19. The van der Waals surface area contributed by atoms with Crippen molar-refractivity contribution in [2.75, 3.05) is 39.1 Å². The van der Waals surface area contributed by atoms with Crippen LogP contribution in [-0.2, 0) is 14.8 Å². The lowest BCUT2D eigenvalue weighted by Gasteiger charge is -2.35. The van der Waals surface area contributed by atoms with Crippen molar-refractivity contribution in [1.29, 1.82) is 0 Å². The van der Waals surface area contributed by atoms with E-state index in [-0.39, 0.29) is 5.75 Å². The van der Waals surface area contributed by atoms with Gasteiger partial charge in [0, 0.05) is 25.7 Å². The number of rotatable bonds is 6. The summed E-state index contributed by atoms with van der Waals surface area (Å²) in [7, 11) is -1.21. The maximum Gasteiger partial charge on any atom is 0.216 e. The third-order valence-corrected chi connectivity index (χ3v) is 5.12. The first-order valence-corrected chi connectivity index (χ1v) is 7.85. The number of ether oxygens (including phenoxy) is 1. The summed E-state index contributed by atoms with van der Waals surface area (Å²) >= 11 is 0. The molecule has 1 saturated heterocycles. The van der Waals surface area contributed by atoms with Crippen LogP contribution in [0.5, 0.6) is 0 Å². The first-order valence-electron chi connectivity index (χ1n) is 6.24. The molecule has 0 amide bonds. The number of nitrogens with one attached hydrogen (secondary N) is 1. The van der Waals surface area contributed by atoms with Crippen LogP contribution in [0.4, 0.5) is 0 Å². The molecule has 0 spiro atoms. The molecule has 1 rings (SSSR count). The minimum absolute atomic E-state index is 0.0950. The Bertz CT molecular complexity index is 319. The topological polar surface area (TPSA) is 58.6 Å². The summed E-state index contributed by atoms with van der Waals surface area (Å²) < 4.78 is 30.8. The standard InChI is InChI=1S/C11H24N2O3S/c1-4-16-7-8-17(14,15)13-6-5-11(12-3)10(2)9-13/h10-12H,4-9H2,1-3H3. The molecule has 1 N–H and O–H groups in total. The van der Waals surface area contributed by atoms with Gasteiger partial charge in [0.25, 0.3) is 0 Å². The summed E-state index contributed by atoms with van der Waals surface area (Å²) in [5, 5.41) is 3.23. The van der Waals surface area contributed by atoms with Crippen LogP contribution in [0, 0.1) is 5.92 Å². The quantitative estimate of drug-likeness (QED) is 0.700. The molecule has 6 heteroatoms. The van der Waals surface area contributed by atoms with Gasteiger partial charge >= 0.3 is 0 Å². The van der Waals surface area contributed by atoms with Crippen LogP contribution in [0.3, 0.4) is 0 Å². The summed E-state index contributed by atoms with van der Waals surface area (Å²) in [6.45, 7) is 6.04. The van der Waals surface area contributed by atoms with Gasteiger partial charge in [0.2, 0.25) is 10.0 Å². The van der Waals surface area contributed by atoms with Gasteiger partial charge in [-0.05, 0) is 26.3 Å². The smallest absolute Gasteiger partial charge is 0.216 e. The Morgan fingerprint density at radius 3 is 2.71 bits per heavy atom. The highest BCUT2D eigenvalue weighted by atomic mass is 32.2. The summed E-state index contributed by atoms with van der Waals surface area (Å²) in [5.41, 5.74) is 0. The maximum atomic E-state index is 12.0. The van der Waals surface area contributed by atoms with Crippen molar-refractivity contribution in [2.45, 2.75) is 26.3 Å². The number of sulfonamides is 1. The van der Waals surface area contributed by atoms with Crippen LogP contribution in [-0.4, -0.2) is 57.9 Å². The van der Waals surface area contributed by atoms with Crippen molar-refractivity contribution in [3.05, 3.63) is 0 Å². The molecule has 0 bridgehead atoms. The fourth-order valence-corrected chi connectivity index (χ4v) is 3.66. The van der Waals surface area contributed by atoms with Gasteiger partial charge in [-0.3, -0.25) is 0 Å². The average Bonchev–Trinajstić information content (AvgIpc) is 2.29. The van der Waals surface area contributed by atoms with Gasteiger partial charge in [-0.1, -0.05) is 6.92 Å². The Labute approximate surface area is 105 Å². The van der Waals surface area contributed by atoms with E-state index in [9.17, 15) is 8.42 Å². The second-order valence-corrected chi connectivity index (χ2v) is 6.62. The molecule has 17 heavy (non-hydrogen) atoms. The zero-order chi connectivity index (χ0) is 12.9. The molecule has 1 heterocycles. The Hall–Kier alpha value is -0.170. The van der Waals surface area contributed by atoms with Gasteiger partial charge in [0.1, 0.15) is 0 Å². The van der Waals surface area contributed by atoms with Crippen LogP contribution in [0.1, 0.15) is 20.3 Å². The summed E-state index contributed by atoms with van der Waals surface area (Å²) in [6.07, 6.45) is 0.880. The fourth-order valence-electron chi connectivity index (χ4n) is 2.23. The molecule has 0 saturated carbocycles. The number of piperidine rings is 1. The van der Waals surface area contributed by atoms with Crippen LogP contribution in [0.25, 0.3) is 0 Å².